The van der Waals surface area contributed by atoms with Gasteiger partial charge in [-0.25, -0.2) is 0 Å². The van der Waals surface area contributed by atoms with Gasteiger partial charge in [-0.15, -0.1) is 0 Å². The molecule has 1 fully saturated rings. The average molecular weight is 274 g/mol. The molecule has 0 aliphatic carbocycles. The third-order valence-electron chi connectivity index (χ3n) is 4.11. The Kier molecular flexibility index (Phi) is 4.03. The maximum atomic E-state index is 10.2. The standard InChI is InChI=1S/C16H22N2O2/c1-18-16-7-3-2-6-14(16)15(17-18)11-12(19)8-9-13-5-4-10-20-13/h2-3,6-7,12-13,19H,4-5,8-11H2,1H3. The molecule has 2 unspecified atom stereocenters. The van der Waals surface area contributed by atoms with Gasteiger partial charge in [-0.2, -0.15) is 5.10 Å². The van der Waals surface area contributed by atoms with Gasteiger partial charge >= 0.3 is 0 Å². The number of hydrogen-bond acceptors (Lipinski definition) is 3. The zero-order chi connectivity index (χ0) is 13.9. The smallest absolute Gasteiger partial charge is 0.0728 e. The molecular weight excluding hydrogens is 252 g/mol. The number of rotatable bonds is 5. The van der Waals surface area contributed by atoms with Gasteiger partial charge in [-0.3, -0.25) is 4.68 Å². The van der Waals surface area contributed by atoms with E-state index in [1.54, 1.807) is 0 Å². The van der Waals surface area contributed by atoms with Gasteiger partial charge in [0.2, 0.25) is 0 Å². The highest BCUT2D eigenvalue weighted by molar-refractivity contribution is 5.81. The van der Waals surface area contributed by atoms with Gasteiger partial charge in [0.05, 0.1) is 23.4 Å². The molecule has 108 valence electrons. The van der Waals surface area contributed by atoms with Crippen molar-refractivity contribution in [1.82, 2.24) is 9.78 Å². The van der Waals surface area contributed by atoms with E-state index in [-0.39, 0.29) is 6.10 Å². The molecule has 0 bridgehead atoms. The largest absolute Gasteiger partial charge is 0.393 e. The zero-order valence-corrected chi connectivity index (χ0v) is 12.0. The van der Waals surface area contributed by atoms with Gasteiger partial charge < -0.3 is 9.84 Å². The maximum absolute atomic E-state index is 10.2. The second-order valence-corrected chi connectivity index (χ2v) is 5.66. The molecular formula is C16H22N2O2. The van der Waals surface area contributed by atoms with E-state index in [0.29, 0.717) is 12.5 Å². The van der Waals surface area contributed by atoms with Crippen molar-refractivity contribution >= 4 is 10.9 Å². The number of aliphatic hydroxyl groups excluding tert-OH is 1. The van der Waals surface area contributed by atoms with Crippen LogP contribution in [0.2, 0.25) is 0 Å². The summed E-state index contributed by atoms with van der Waals surface area (Å²) < 4.78 is 7.48. The van der Waals surface area contributed by atoms with Crippen LogP contribution in [0.1, 0.15) is 31.4 Å². The van der Waals surface area contributed by atoms with Crippen molar-refractivity contribution in [2.75, 3.05) is 6.61 Å². The van der Waals surface area contributed by atoms with Gasteiger partial charge in [0.1, 0.15) is 0 Å². The molecule has 1 aliphatic rings. The maximum Gasteiger partial charge on any atom is 0.0728 e. The number of aromatic nitrogens is 2. The van der Waals surface area contributed by atoms with E-state index < -0.39 is 0 Å². The lowest BCUT2D eigenvalue weighted by Gasteiger charge is -2.13. The van der Waals surface area contributed by atoms with E-state index in [0.717, 1.165) is 48.9 Å². The van der Waals surface area contributed by atoms with Crippen LogP contribution in [-0.4, -0.2) is 33.7 Å². The van der Waals surface area contributed by atoms with Gasteiger partial charge in [0.25, 0.3) is 0 Å². The number of hydrogen-bond donors (Lipinski definition) is 1. The van der Waals surface area contributed by atoms with Crippen LogP contribution in [-0.2, 0) is 18.2 Å². The number of fused-ring (bicyclic) bond motifs is 1. The molecule has 2 aromatic rings. The third-order valence-corrected chi connectivity index (χ3v) is 4.11. The first-order valence-electron chi connectivity index (χ1n) is 7.44. The Morgan fingerprint density at radius 3 is 3.10 bits per heavy atom. The Labute approximate surface area is 119 Å². The van der Waals surface area contributed by atoms with E-state index in [1.165, 1.54) is 0 Å². The summed E-state index contributed by atoms with van der Waals surface area (Å²) in [5.41, 5.74) is 2.11. The van der Waals surface area contributed by atoms with E-state index in [1.807, 2.05) is 23.9 Å². The van der Waals surface area contributed by atoms with Crippen LogP contribution in [0.25, 0.3) is 10.9 Å². The van der Waals surface area contributed by atoms with Crippen molar-refractivity contribution < 1.29 is 9.84 Å². The summed E-state index contributed by atoms with van der Waals surface area (Å²) in [6.07, 6.45) is 4.67. The van der Waals surface area contributed by atoms with Crippen molar-refractivity contribution in [3.63, 3.8) is 0 Å². The monoisotopic (exact) mass is 274 g/mol. The minimum absolute atomic E-state index is 0.336. The summed E-state index contributed by atoms with van der Waals surface area (Å²) in [6, 6.07) is 8.17. The van der Waals surface area contributed by atoms with Crippen molar-refractivity contribution in [1.29, 1.82) is 0 Å². The first-order chi connectivity index (χ1) is 9.74. The summed E-state index contributed by atoms with van der Waals surface area (Å²) >= 11 is 0. The van der Waals surface area contributed by atoms with Crippen LogP contribution in [0.5, 0.6) is 0 Å². The number of aryl methyl sites for hydroxylation is 1. The Bertz CT molecular complexity index is 573. The van der Waals surface area contributed by atoms with Crippen LogP contribution < -0.4 is 0 Å². The van der Waals surface area contributed by atoms with Gasteiger partial charge in [0, 0.05) is 25.5 Å². The van der Waals surface area contributed by atoms with Crippen molar-refractivity contribution in [3.05, 3.63) is 30.0 Å². The molecule has 1 aromatic carbocycles. The number of nitrogens with zero attached hydrogens (tertiary/aromatic N) is 2. The summed E-state index contributed by atoms with van der Waals surface area (Å²) in [4.78, 5) is 0. The van der Waals surface area contributed by atoms with E-state index in [2.05, 4.69) is 17.2 Å². The molecule has 3 rings (SSSR count). The number of para-hydroxylation sites is 1. The molecule has 0 spiro atoms. The third kappa shape index (κ3) is 2.86. The van der Waals surface area contributed by atoms with Gasteiger partial charge in [0.15, 0.2) is 0 Å². The molecule has 1 aromatic heterocycles. The lowest BCUT2D eigenvalue weighted by atomic mass is 10.0. The Balaban J connectivity index is 1.63. The molecule has 4 nitrogen and oxygen atoms in total. The van der Waals surface area contributed by atoms with Crippen LogP contribution in [0.3, 0.4) is 0 Å². The lowest BCUT2D eigenvalue weighted by Crippen LogP contribution is -2.15. The summed E-state index contributed by atoms with van der Waals surface area (Å²) in [5.74, 6) is 0. The van der Waals surface area contributed by atoms with Crippen molar-refractivity contribution in [2.24, 2.45) is 7.05 Å². The molecule has 0 saturated carbocycles. The molecule has 2 atom stereocenters. The minimum Gasteiger partial charge on any atom is -0.393 e. The number of ether oxygens (including phenoxy) is 1. The van der Waals surface area contributed by atoms with Crippen molar-refractivity contribution in [3.8, 4) is 0 Å². The molecule has 1 saturated heterocycles. The lowest BCUT2D eigenvalue weighted by molar-refractivity contribution is 0.0811. The Hall–Kier alpha value is -1.39. The SMILES string of the molecule is Cn1nc(CC(O)CCC2CCCO2)c2ccccc21. The first-order valence-corrected chi connectivity index (χ1v) is 7.44. The Morgan fingerprint density at radius 2 is 2.30 bits per heavy atom. The molecule has 2 heterocycles. The molecule has 20 heavy (non-hydrogen) atoms. The fourth-order valence-corrected chi connectivity index (χ4v) is 3.01. The summed E-state index contributed by atoms with van der Waals surface area (Å²) in [6.45, 7) is 0.881. The van der Waals surface area contributed by atoms with Crippen LogP contribution in [0.4, 0.5) is 0 Å². The number of aliphatic hydroxyl groups is 1. The highest BCUT2D eigenvalue weighted by Crippen LogP contribution is 2.22. The number of benzene rings is 1. The van der Waals surface area contributed by atoms with Crippen LogP contribution in [0.15, 0.2) is 24.3 Å². The topological polar surface area (TPSA) is 47.3 Å². The van der Waals surface area contributed by atoms with Crippen molar-refractivity contribution in [2.45, 2.75) is 44.3 Å². The zero-order valence-electron chi connectivity index (χ0n) is 12.0. The van der Waals surface area contributed by atoms with Gasteiger partial charge in [-0.1, -0.05) is 18.2 Å². The minimum atomic E-state index is -0.336. The quantitative estimate of drug-likeness (QED) is 0.911. The van der Waals surface area contributed by atoms with Gasteiger partial charge in [-0.05, 0) is 31.7 Å². The van der Waals surface area contributed by atoms with E-state index in [4.69, 9.17) is 4.74 Å². The molecule has 4 heteroatoms. The fraction of sp³-hybridized carbons (Fsp3) is 0.562. The normalized spacial score (nSPS) is 20.6. The second kappa shape index (κ2) is 5.94. The predicted molar refractivity (Wildman–Crippen MR) is 78.6 cm³/mol. The average Bonchev–Trinajstić information content (AvgIpc) is 3.07. The van der Waals surface area contributed by atoms with E-state index in [9.17, 15) is 5.11 Å². The predicted octanol–water partition coefficient (Wildman–Crippen LogP) is 2.44. The highest BCUT2D eigenvalue weighted by Gasteiger charge is 2.18. The fourth-order valence-electron chi connectivity index (χ4n) is 3.01. The molecule has 0 radical (unpaired) electrons. The second-order valence-electron chi connectivity index (χ2n) is 5.66. The first kappa shape index (κ1) is 13.6. The summed E-state index contributed by atoms with van der Waals surface area (Å²) in [5, 5.41) is 15.9. The molecule has 1 aliphatic heterocycles. The summed E-state index contributed by atoms with van der Waals surface area (Å²) in [7, 11) is 1.95. The Morgan fingerprint density at radius 1 is 1.45 bits per heavy atom. The highest BCUT2D eigenvalue weighted by atomic mass is 16.5. The molecule has 0 amide bonds. The molecule has 1 N–H and O–H groups in total. The van der Waals surface area contributed by atoms with Crippen LogP contribution >= 0.6 is 0 Å². The van der Waals surface area contributed by atoms with E-state index >= 15 is 0 Å². The van der Waals surface area contributed by atoms with Crippen LogP contribution in [0, 0.1) is 0 Å².